The molecule has 1 unspecified atom stereocenters. The van der Waals surface area contributed by atoms with E-state index in [0.29, 0.717) is 36.2 Å². The van der Waals surface area contributed by atoms with Gasteiger partial charge in [-0.2, -0.15) is 22.0 Å². The third-order valence-corrected chi connectivity index (χ3v) is 10.9. The van der Waals surface area contributed by atoms with Crippen molar-refractivity contribution in [2.45, 2.75) is 96.1 Å². The highest BCUT2D eigenvalue weighted by Gasteiger charge is 2.57. The second-order valence-electron chi connectivity index (χ2n) is 11.5. The van der Waals surface area contributed by atoms with Crippen LogP contribution < -0.4 is 0 Å². The van der Waals surface area contributed by atoms with Crippen LogP contribution in [-0.2, 0) is 28.4 Å². The molecule has 6 atom stereocenters. The highest BCUT2D eigenvalue weighted by atomic mass is 32.2. The monoisotopic (exact) mass is 548 g/mol. The highest BCUT2D eigenvalue weighted by Crippen LogP contribution is 2.61. The molecule has 9 heteroatoms. The van der Waals surface area contributed by atoms with Gasteiger partial charge < -0.3 is 5.11 Å². The lowest BCUT2D eigenvalue weighted by Crippen LogP contribution is -2.46. The quantitative estimate of drug-likeness (QED) is 0.335. The average molecular weight is 549 g/mol. The molecule has 0 aliphatic heterocycles. The van der Waals surface area contributed by atoms with E-state index in [9.17, 15) is 36.1 Å². The zero-order valence-electron chi connectivity index (χ0n) is 21.5. The van der Waals surface area contributed by atoms with Gasteiger partial charge in [-0.25, -0.2) is 0 Å². The third kappa shape index (κ3) is 5.48. The molecule has 0 bridgehead atoms. The number of hydrogen-bond donors (Lipinski definition) is 1. The van der Waals surface area contributed by atoms with Gasteiger partial charge in [-0.3, -0.25) is 9.00 Å². The summed E-state index contributed by atoms with van der Waals surface area (Å²) in [4.78, 5) is 12.8. The van der Waals surface area contributed by atoms with Crippen LogP contribution in [0.5, 0.6) is 5.75 Å². The van der Waals surface area contributed by atoms with E-state index in [0.717, 1.165) is 49.7 Å². The number of fused-ring (bicyclic) bond motifs is 5. The molecule has 0 heterocycles. The summed E-state index contributed by atoms with van der Waals surface area (Å²) in [6, 6.07) is 4.02. The minimum Gasteiger partial charge on any atom is -0.508 e. The van der Waals surface area contributed by atoms with Crippen LogP contribution in [0.25, 0.3) is 0 Å². The number of aromatic hydroxyl groups is 1. The van der Waals surface area contributed by atoms with Crippen molar-refractivity contribution >= 4 is 16.6 Å². The fraction of sp³-hybridized carbons (Fsp3) is 0.750. The van der Waals surface area contributed by atoms with Crippen molar-refractivity contribution in [2.75, 3.05) is 11.5 Å². The maximum Gasteiger partial charge on any atom is 0.453 e. The highest BCUT2D eigenvalue weighted by molar-refractivity contribution is 7.84. The molecule has 3 aliphatic rings. The molecule has 4 rings (SSSR count). The van der Waals surface area contributed by atoms with Gasteiger partial charge in [0.1, 0.15) is 11.5 Å². The van der Waals surface area contributed by atoms with E-state index in [1.807, 2.05) is 13.0 Å². The Kier molecular flexibility index (Phi) is 8.14. The Morgan fingerprint density at radius 1 is 1.11 bits per heavy atom. The van der Waals surface area contributed by atoms with Crippen molar-refractivity contribution in [3.05, 3.63) is 28.8 Å². The van der Waals surface area contributed by atoms with Crippen molar-refractivity contribution in [2.24, 2.45) is 23.2 Å². The predicted octanol–water partition coefficient (Wildman–Crippen LogP) is 7.11. The SMILES string of the molecule is CCc1cc2c(cc1O)C[C@@H](CCCS(=O)CCCC(F)(F)C(F)(F)F)[C@@H]1[C@@H]2CC[C@]2(C)C(=O)CC[C@@H]12. The first-order valence-electron chi connectivity index (χ1n) is 13.5. The number of Topliss-reactive ketones (excluding diaryl/α,β-unsaturated/α-hetero) is 1. The van der Waals surface area contributed by atoms with Crippen molar-refractivity contribution < 1.29 is 36.1 Å². The van der Waals surface area contributed by atoms with Gasteiger partial charge in [0.25, 0.3) is 0 Å². The summed E-state index contributed by atoms with van der Waals surface area (Å²) in [6.07, 6.45) is -1.27. The molecule has 0 radical (unpaired) electrons. The minimum absolute atomic E-state index is 0.173. The van der Waals surface area contributed by atoms with Crippen LogP contribution in [0.3, 0.4) is 0 Å². The second kappa shape index (κ2) is 10.6. The van der Waals surface area contributed by atoms with E-state index in [-0.39, 0.29) is 28.8 Å². The number of phenols is 1. The van der Waals surface area contributed by atoms with Gasteiger partial charge in [-0.05, 0) is 97.8 Å². The summed E-state index contributed by atoms with van der Waals surface area (Å²) in [5.74, 6) is -2.88. The standard InChI is InChI=1S/C28H37F5O3S/c1-3-17-15-21-19(16-23(17)34)14-18(25-20(21)9-11-26(2)22(25)7-8-24(26)35)6-4-12-37(36)13-5-10-27(29,30)28(31,32)33/h15-16,18,20,22,25,34H,3-14H2,1-2H3/t18-,20-,22+,25-,26+,37?/m1/s1. The van der Waals surface area contributed by atoms with E-state index in [4.69, 9.17) is 0 Å². The molecule has 2 fully saturated rings. The summed E-state index contributed by atoms with van der Waals surface area (Å²) >= 11 is 0. The fourth-order valence-corrected chi connectivity index (χ4v) is 8.57. The minimum atomic E-state index is -5.58. The molecular formula is C28H37F5O3S. The van der Waals surface area contributed by atoms with Gasteiger partial charge in [0, 0.05) is 40.6 Å². The molecule has 0 amide bonds. The number of benzene rings is 1. The first-order chi connectivity index (χ1) is 17.3. The lowest BCUT2D eigenvalue weighted by Gasteiger charge is -2.52. The van der Waals surface area contributed by atoms with Crippen LogP contribution in [0.4, 0.5) is 22.0 Å². The number of phenolic OH excluding ortho intramolecular Hbond substituents is 1. The molecule has 1 N–H and O–H groups in total. The van der Waals surface area contributed by atoms with E-state index >= 15 is 0 Å². The first-order valence-corrected chi connectivity index (χ1v) is 14.9. The van der Waals surface area contributed by atoms with Gasteiger partial charge in [0.05, 0.1) is 0 Å². The topological polar surface area (TPSA) is 54.4 Å². The van der Waals surface area contributed by atoms with Gasteiger partial charge in [-0.1, -0.05) is 19.9 Å². The van der Waals surface area contributed by atoms with Crippen LogP contribution in [-0.4, -0.2) is 38.7 Å². The number of carbonyl (C=O) groups is 1. The van der Waals surface area contributed by atoms with Crippen molar-refractivity contribution in [3.8, 4) is 5.75 Å². The van der Waals surface area contributed by atoms with Crippen LogP contribution >= 0.6 is 0 Å². The molecule has 0 spiro atoms. The van der Waals surface area contributed by atoms with Gasteiger partial charge in [0.2, 0.25) is 0 Å². The van der Waals surface area contributed by atoms with Gasteiger partial charge in [0.15, 0.2) is 0 Å². The molecular weight excluding hydrogens is 511 g/mol. The Balaban J connectivity index is 1.44. The number of rotatable bonds is 9. The Labute approximate surface area is 218 Å². The van der Waals surface area contributed by atoms with E-state index in [1.54, 1.807) is 0 Å². The number of ketones is 1. The molecule has 2 saturated carbocycles. The number of halogens is 5. The number of alkyl halides is 5. The second-order valence-corrected chi connectivity index (χ2v) is 13.2. The first kappa shape index (κ1) is 28.5. The summed E-state index contributed by atoms with van der Waals surface area (Å²) in [6.45, 7) is 4.12. The summed E-state index contributed by atoms with van der Waals surface area (Å²) in [5.41, 5.74) is 3.03. The third-order valence-electron chi connectivity index (χ3n) is 9.41. The molecule has 3 nitrogen and oxygen atoms in total. The molecule has 1 aromatic rings. The van der Waals surface area contributed by atoms with E-state index < -0.39 is 35.7 Å². The largest absolute Gasteiger partial charge is 0.508 e. The molecule has 0 aromatic heterocycles. The van der Waals surface area contributed by atoms with E-state index in [2.05, 4.69) is 13.0 Å². The normalized spacial score (nSPS) is 30.5. The summed E-state index contributed by atoms with van der Waals surface area (Å²) in [5, 5.41) is 10.5. The van der Waals surface area contributed by atoms with Crippen molar-refractivity contribution in [1.82, 2.24) is 0 Å². The summed E-state index contributed by atoms with van der Waals surface area (Å²) < 4.78 is 75.7. The van der Waals surface area contributed by atoms with Crippen molar-refractivity contribution in [3.63, 3.8) is 0 Å². The van der Waals surface area contributed by atoms with Crippen LogP contribution in [0, 0.1) is 23.2 Å². The Morgan fingerprint density at radius 3 is 2.49 bits per heavy atom. The van der Waals surface area contributed by atoms with Crippen molar-refractivity contribution in [1.29, 1.82) is 0 Å². The number of hydrogen-bond acceptors (Lipinski definition) is 3. The smallest absolute Gasteiger partial charge is 0.453 e. The zero-order chi connectivity index (χ0) is 27.2. The maximum atomic E-state index is 13.1. The van der Waals surface area contributed by atoms with Gasteiger partial charge in [-0.15, -0.1) is 0 Å². The number of aryl methyl sites for hydroxylation is 1. The lowest BCUT2D eigenvalue weighted by atomic mass is 9.52. The fourth-order valence-electron chi connectivity index (χ4n) is 7.41. The zero-order valence-corrected chi connectivity index (χ0v) is 22.3. The molecule has 0 saturated heterocycles. The van der Waals surface area contributed by atoms with Crippen LogP contribution in [0.15, 0.2) is 12.1 Å². The van der Waals surface area contributed by atoms with Crippen LogP contribution in [0.2, 0.25) is 0 Å². The van der Waals surface area contributed by atoms with E-state index in [1.165, 1.54) is 5.56 Å². The Morgan fingerprint density at radius 2 is 1.81 bits per heavy atom. The Hall–Kier alpha value is -1.51. The summed E-state index contributed by atoms with van der Waals surface area (Å²) in [7, 11) is -1.46. The molecule has 1 aromatic carbocycles. The van der Waals surface area contributed by atoms with Gasteiger partial charge >= 0.3 is 12.1 Å². The average Bonchev–Trinajstić information content (AvgIpc) is 3.12. The Bertz CT molecular complexity index is 1040. The molecule has 37 heavy (non-hydrogen) atoms. The predicted molar refractivity (Wildman–Crippen MR) is 133 cm³/mol. The molecule has 3 aliphatic carbocycles. The lowest BCUT2D eigenvalue weighted by molar-refractivity contribution is -0.284. The van der Waals surface area contributed by atoms with Crippen LogP contribution in [0.1, 0.15) is 87.8 Å². The maximum absolute atomic E-state index is 13.1. The molecule has 208 valence electrons. The number of carbonyl (C=O) groups excluding carboxylic acids is 1.